The second-order valence-corrected chi connectivity index (χ2v) is 6.66. The number of halogens is 3. The first kappa shape index (κ1) is 15.2. The van der Waals surface area contributed by atoms with Crippen LogP contribution in [0.1, 0.15) is 33.1 Å². The van der Waals surface area contributed by atoms with Crippen molar-refractivity contribution in [3.63, 3.8) is 0 Å². The van der Waals surface area contributed by atoms with Crippen LogP contribution in [0.4, 0.5) is 5.82 Å². The van der Waals surface area contributed by atoms with Gasteiger partial charge in [-0.3, -0.25) is 0 Å². The van der Waals surface area contributed by atoms with Crippen molar-refractivity contribution in [1.82, 2.24) is 4.98 Å². The van der Waals surface area contributed by atoms with Gasteiger partial charge in [0.05, 0.1) is 10.0 Å². The first-order valence-electron chi connectivity index (χ1n) is 6.75. The first-order valence-corrected chi connectivity index (χ1v) is 7.89. The number of anilines is 1. The predicted molar refractivity (Wildman–Crippen MR) is 83.7 cm³/mol. The van der Waals surface area contributed by atoms with Gasteiger partial charge in [0.25, 0.3) is 0 Å². The van der Waals surface area contributed by atoms with Crippen LogP contribution in [0.5, 0.6) is 0 Å². The SMILES string of the molecule is CC(C)C1CCCN(c2nc(Cl)c(Cl)cc2Cl)CC1. The van der Waals surface area contributed by atoms with E-state index in [-0.39, 0.29) is 0 Å². The third-order valence-corrected chi connectivity index (χ3v) is 4.83. The summed E-state index contributed by atoms with van der Waals surface area (Å²) >= 11 is 18.2. The molecule has 1 aliphatic heterocycles. The van der Waals surface area contributed by atoms with Crippen molar-refractivity contribution in [2.24, 2.45) is 11.8 Å². The highest BCUT2D eigenvalue weighted by molar-refractivity contribution is 6.42. The molecule has 106 valence electrons. The second kappa shape index (κ2) is 6.51. The largest absolute Gasteiger partial charge is 0.355 e. The molecule has 0 aromatic carbocycles. The Morgan fingerprint density at radius 3 is 2.58 bits per heavy atom. The van der Waals surface area contributed by atoms with Crippen molar-refractivity contribution in [2.45, 2.75) is 33.1 Å². The number of rotatable bonds is 2. The molecule has 1 aromatic rings. The molecule has 1 saturated heterocycles. The van der Waals surface area contributed by atoms with Crippen molar-refractivity contribution >= 4 is 40.6 Å². The van der Waals surface area contributed by atoms with Crippen molar-refractivity contribution in [2.75, 3.05) is 18.0 Å². The summed E-state index contributed by atoms with van der Waals surface area (Å²) in [7, 11) is 0. The predicted octanol–water partition coefficient (Wildman–Crippen LogP) is 5.30. The highest BCUT2D eigenvalue weighted by atomic mass is 35.5. The molecular weight excluding hydrogens is 303 g/mol. The highest BCUT2D eigenvalue weighted by Crippen LogP contribution is 2.33. The lowest BCUT2D eigenvalue weighted by Gasteiger charge is -2.23. The molecule has 2 rings (SSSR count). The number of nitrogens with zero attached hydrogens (tertiary/aromatic N) is 2. The average molecular weight is 322 g/mol. The molecule has 0 spiro atoms. The molecule has 1 aliphatic rings. The Kier molecular flexibility index (Phi) is 5.22. The summed E-state index contributed by atoms with van der Waals surface area (Å²) in [6.45, 7) is 6.55. The second-order valence-electron chi connectivity index (χ2n) is 5.49. The van der Waals surface area contributed by atoms with E-state index in [0.717, 1.165) is 30.7 Å². The molecule has 2 nitrogen and oxygen atoms in total. The van der Waals surface area contributed by atoms with Crippen LogP contribution in [0.2, 0.25) is 15.2 Å². The number of hydrogen-bond acceptors (Lipinski definition) is 2. The molecule has 0 saturated carbocycles. The van der Waals surface area contributed by atoms with Crippen LogP contribution < -0.4 is 4.90 Å². The van der Waals surface area contributed by atoms with Gasteiger partial charge in [-0.25, -0.2) is 4.98 Å². The van der Waals surface area contributed by atoms with Gasteiger partial charge < -0.3 is 4.90 Å². The summed E-state index contributed by atoms with van der Waals surface area (Å²) in [5.41, 5.74) is 0. The van der Waals surface area contributed by atoms with E-state index >= 15 is 0 Å². The topological polar surface area (TPSA) is 16.1 Å². The molecule has 1 aromatic heterocycles. The maximum absolute atomic E-state index is 6.24. The Morgan fingerprint density at radius 2 is 1.89 bits per heavy atom. The monoisotopic (exact) mass is 320 g/mol. The molecule has 2 heterocycles. The Balaban J connectivity index is 2.16. The third-order valence-electron chi connectivity index (χ3n) is 3.88. The van der Waals surface area contributed by atoms with Gasteiger partial charge in [0.1, 0.15) is 11.0 Å². The van der Waals surface area contributed by atoms with Gasteiger partial charge in [0.15, 0.2) is 0 Å². The lowest BCUT2D eigenvalue weighted by atomic mass is 9.89. The fourth-order valence-corrected chi connectivity index (χ4v) is 3.27. The van der Waals surface area contributed by atoms with Crippen LogP contribution >= 0.6 is 34.8 Å². The van der Waals surface area contributed by atoms with E-state index in [9.17, 15) is 0 Å². The molecule has 1 atom stereocenters. The van der Waals surface area contributed by atoms with Crippen LogP contribution in [-0.2, 0) is 0 Å². The average Bonchev–Trinajstić information content (AvgIpc) is 2.59. The van der Waals surface area contributed by atoms with Gasteiger partial charge in [-0.15, -0.1) is 0 Å². The Labute approximate surface area is 130 Å². The Morgan fingerprint density at radius 1 is 1.16 bits per heavy atom. The van der Waals surface area contributed by atoms with Crippen molar-refractivity contribution < 1.29 is 0 Å². The summed E-state index contributed by atoms with van der Waals surface area (Å²) in [5.74, 6) is 2.28. The zero-order valence-electron chi connectivity index (χ0n) is 11.3. The summed E-state index contributed by atoms with van der Waals surface area (Å²) in [6, 6.07) is 1.68. The molecule has 0 radical (unpaired) electrons. The summed E-state index contributed by atoms with van der Waals surface area (Å²) in [4.78, 5) is 6.56. The van der Waals surface area contributed by atoms with Crippen molar-refractivity contribution in [1.29, 1.82) is 0 Å². The van der Waals surface area contributed by atoms with Gasteiger partial charge >= 0.3 is 0 Å². The van der Waals surface area contributed by atoms with Crippen LogP contribution in [0.3, 0.4) is 0 Å². The van der Waals surface area contributed by atoms with Crippen LogP contribution in [0, 0.1) is 11.8 Å². The minimum atomic E-state index is 0.325. The van der Waals surface area contributed by atoms with E-state index in [4.69, 9.17) is 34.8 Å². The van der Waals surface area contributed by atoms with Crippen molar-refractivity contribution in [3.05, 3.63) is 21.3 Å². The van der Waals surface area contributed by atoms with Gasteiger partial charge in [-0.2, -0.15) is 0 Å². The lowest BCUT2D eigenvalue weighted by Crippen LogP contribution is -2.26. The fourth-order valence-electron chi connectivity index (χ4n) is 2.66. The molecule has 0 aliphatic carbocycles. The molecule has 0 bridgehead atoms. The van der Waals surface area contributed by atoms with E-state index in [2.05, 4.69) is 23.7 Å². The molecular formula is C14H19Cl3N2. The number of hydrogen-bond donors (Lipinski definition) is 0. The van der Waals surface area contributed by atoms with Gasteiger partial charge in [0.2, 0.25) is 0 Å². The standard InChI is InChI=1S/C14H19Cl3N2/c1-9(2)10-4-3-6-19(7-5-10)14-12(16)8-11(15)13(17)18-14/h8-10H,3-7H2,1-2H3. The molecule has 1 unspecified atom stereocenters. The fraction of sp³-hybridized carbons (Fsp3) is 0.643. The molecule has 19 heavy (non-hydrogen) atoms. The maximum Gasteiger partial charge on any atom is 0.150 e. The highest BCUT2D eigenvalue weighted by Gasteiger charge is 2.22. The van der Waals surface area contributed by atoms with Crippen LogP contribution in [0.25, 0.3) is 0 Å². The summed E-state index contributed by atoms with van der Waals surface area (Å²) < 4.78 is 0. The normalized spacial score (nSPS) is 20.7. The first-order chi connectivity index (χ1) is 8.99. The Bertz CT molecular complexity index is 449. The summed E-state index contributed by atoms with van der Waals surface area (Å²) in [6.07, 6.45) is 3.62. The molecule has 1 fully saturated rings. The number of aromatic nitrogens is 1. The van der Waals surface area contributed by atoms with E-state index in [1.807, 2.05) is 0 Å². The quantitative estimate of drug-likeness (QED) is 0.687. The van der Waals surface area contributed by atoms with E-state index in [0.29, 0.717) is 15.2 Å². The Hall–Kier alpha value is -0.180. The zero-order chi connectivity index (χ0) is 14.0. The van der Waals surface area contributed by atoms with Crippen LogP contribution in [0.15, 0.2) is 6.07 Å². The van der Waals surface area contributed by atoms with Crippen molar-refractivity contribution in [3.8, 4) is 0 Å². The minimum Gasteiger partial charge on any atom is -0.355 e. The minimum absolute atomic E-state index is 0.325. The van der Waals surface area contributed by atoms with Gasteiger partial charge in [-0.05, 0) is 37.2 Å². The molecule has 0 amide bonds. The zero-order valence-corrected chi connectivity index (χ0v) is 13.6. The maximum atomic E-state index is 6.24. The lowest BCUT2D eigenvalue weighted by molar-refractivity contribution is 0.351. The smallest absolute Gasteiger partial charge is 0.150 e. The molecule has 0 N–H and O–H groups in total. The summed E-state index contributed by atoms with van der Waals surface area (Å²) in [5, 5.41) is 1.31. The van der Waals surface area contributed by atoms with E-state index in [1.54, 1.807) is 6.07 Å². The van der Waals surface area contributed by atoms with Gasteiger partial charge in [-0.1, -0.05) is 48.7 Å². The van der Waals surface area contributed by atoms with Gasteiger partial charge in [0, 0.05) is 13.1 Å². The van der Waals surface area contributed by atoms with E-state index < -0.39 is 0 Å². The molecule has 5 heteroatoms. The van der Waals surface area contributed by atoms with Crippen LogP contribution in [-0.4, -0.2) is 18.1 Å². The third kappa shape index (κ3) is 3.68. The number of pyridine rings is 1. The van der Waals surface area contributed by atoms with E-state index in [1.165, 1.54) is 19.3 Å².